The minimum absolute atomic E-state index is 0.0184. The molecule has 0 saturated carbocycles. The standard InChI is InChI=1S/C16H24ClNO2/c1-5-6-12(2)18-15(19)11-16(3,4)20-14-9-7-13(17)8-10-14/h7-10,12H,5-6,11H2,1-4H3,(H,18,19). The van der Waals surface area contributed by atoms with E-state index < -0.39 is 5.60 Å². The van der Waals surface area contributed by atoms with Crippen LogP contribution in [0.4, 0.5) is 0 Å². The lowest BCUT2D eigenvalue weighted by molar-refractivity contribution is -0.124. The summed E-state index contributed by atoms with van der Waals surface area (Å²) < 4.78 is 5.85. The fourth-order valence-corrected chi connectivity index (χ4v) is 2.20. The van der Waals surface area contributed by atoms with Crippen molar-refractivity contribution in [1.29, 1.82) is 0 Å². The summed E-state index contributed by atoms with van der Waals surface area (Å²) in [5.74, 6) is 0.735. The monoisotopic (exact) mass is 297 g/mol. The van der Waals surface area contributed by atoms with E-state index in [4.69, 9.17) is 16.3 Å². The van der Waals surface area contributed by atoms with Gasteiger partial charge in [0.2, 0.25) is 5.91 Å². The van der Waals surface area contributed by atoms with Crippen LogP contribution in [0.25, 0.3) is 0 Å². The zero-order valence-electron chi connectivity index (χ0n) is 12.7. The first-order valence-corrected chi connectivity index (χ1v) is 7.44. The molecule has 1 aromatic carbocycles. The molecule has 1 N–H and O–H groups in total. The minimum Gasteiger partial charge on any atom is -0.487 e. The Labute approximate surface area is 126 Å². The number of carbonyl (C=O) groups excluding carboxylic acids is 1. The van der Waals surface area contributed by atoms with E-state index in [1.165, 1.54) is 0 Å². The molecular formula is C16H24ClNO2. The van der Waals surface area contributed by atoms with E-state index in [1.807, 2.05) is 32.9 Å². The summed E-state index contributed by atoms with van der Waals surface area (Å²) in [5, 5.41) is 3.66. The van der Waals surface area contributed by atoms with Crippen molar-refractivity contribution in [2.24, 2.45) is 0 Å². The van der Waals surface area contributed by atoms with Crippen LogP contribution in [0.3, 0.4) is 0 Å². The fraction of sp³-hybridized carbons (Fsp3) is 0.562. The fourth-order valence-electron chi connectivity index (χ4n) is 2.08. The maximum Gasteiger partial charge on any atom is 0.224 e. The van der Waals surface area contributed by atoms with Gasteiger partial charge in [-0.1, -0.05) is 24.9 Å². The van der Waals surface area contributed by atoms with Gasteiger partial charge in [0.25, 0.3) is 0 Å². The van der Waals surface area contributed by atoms with Gasteiger partial charge in [0, 0.05) is 11.1 Å². The van der Waals surface area contributed by atoms with E-state index >= 15 is 0 Å². The number of ether oxygens (including phenoxy) is 1. The summed E-state index contributed by atoms with van der Waals surface area (Å²) in [7, 11) is 0. The molecule has 0 bridgehead atoms. The molecule has 0 saturated heterocycles. The molecule has 1 rings (SSSR count). The van der Waals surface area contributed by atoms with E-state index in [1.54, 1.807) is 12.1 Å². The average molecular weight is 298 g/mol. The summed E-state index contributed by atoms with van der Waals surface area (Å²) >= 11 is 5.83. The molecule has 0 radical (unpaired) electrons. The van der Waals surface area contributed by atoms with Gasteiger partial charge in [-0.05, 0) is 51.5 Å². The second-order valence-electron chi connectivity index (χ2n) is 5.75. The lowest BCUT2D eigenvalue weighted by atomic mass is 10.0. The Balaban J connectivity index is 2.51. The molecule has 0 aromatic heterocycles. The molecule has 0 aliphatic carbocycles. The molecule has 0 aliphatic rings. The third-order valence-corrected chi connectivity index (χ3v) is 3.18. The highest BCUT2D eigenvalue weighted by atomic mass is 35.5. The van der Waals surface area contributed by atoms with Crippen molar-refractivity contribution < 1.29 is 9.53 Å². The molecule has 0 fully saturated rings. The average Bonchev–Trinajstić information content (AvgIpc) is 2.31. The maximum atomic E-state index is 12.0. The molecule has 4 heteroatoms. The van der Waals surface area contributed by atoms with Gasteiger partial charge < -0.3 is 10.1 Å². The minimum atomic E-state index is -0.552. The molecule has 112 valence electrons. The zero-order valence-corrected chi connectivity index (χ0v) is 13.5. The van der Waals surface area contributed by atoms with Gasteiger partial charge in [0.1, 0.15) is 11.4 Å². The van der Waals surface area contributed by atoms with Gasteiger partial charge in [-0.15, -0.1) is 0 Å². The Bertz CT molecular complexity index is 429. The van der Waals surface area contributed by atoms with Gasteiger partial charge in [0.15, 0.2) is 0 Å². The number of hydrogen-bond donors (Lipinski definition) is 1. The molecule has 0 spiro atoms. The number of benzene rings is 1. The van der Waals surface area contributed by atoms with Crippen LogP contribution in [0.5, 0.6) is 5.75 Å². The van der Waals surface area contributed by atoms with Crippen LogP contribution >= 0.6 is 11.6 Å². The van der Waals surface area contributed by atoms with Crippen molar-refractivity contribution in [3.05, 3.63) is 29.3 Å². The van der Waals surface area contributed by atoms with E-state index in [9.17, 15) is 4.79 Å². The topological polar surface area (TPSA) is 38.3 Å². The van der Waals surface area contributed by atoms with E-state index in [-0.39, 0.29) is 11.9 Å². The van der Waals surface area contributed by atoms with Crippen LogP contribution in [-0.4, -0.2) is 17.6 Å². The summed E-state index contributed by atoms with van der Waals surface area (Å²) in [6.45, 7) is 7.95. The van der Waals surface area contributed by atoms with Crippen LogP contribution in [0, 0.1) is 0 Å². The largest absolute Gasteiger partial charge is 0.487 e. The van der Waals surface area contributed by atoms with Crippen LogP contribution in [0.2, 0.25) is 5.02 Å². The lowest BCUT2D eigenvalue weighted by Crippen LogP contribution is -2.40. The predicted molar refractivity (Wildman–Crippen MR) is 83.3 cm³/mol. The summed E-state index contributed by atoms with van der Waals surface area (Å²) in [6.07, 6.45) is 2.38. The van der Waals surface area contributed by atoms with E-state index in [0.29, 0.717) is 17.2 Å². The molecule has 20 heavy (non-hydrogen) atoms. The van der Waals surface area contributed by atoms with Crippen molar-refractivity contribution in [3.63, 3.8) is 0 Å². The number of hydrogen-bond acceptors (Lipinski definition) is 2. The van der Waals surface area contributed by atoms with Gasteiger partial charge in [-0.2, -0.15) is 0 Å². The molecule has 1 atom stereocenters. The molecular weight excluding hydrogens is 274 g/mol. The van der Waals surface area contributed by atoms with Crippen LogP contribution < -0.4 is 10.1 Å². The highest BCUT2D eigenvalue weighted by molar-refractivity contribution is 6.30. The van der Waals surface area contributed by atoms with Gasteiger partial charge in [-0.3, -0.25) is 4.79 Å². The Morgan fingerprint density at radius 2 is 1.95 bits per heavy atom. The van der Waals surface area contributed by atoms with Crippen molar-refractivity contribution >= 4 is 17.5 Å². The zero-order chi connectivity index (χ0) is 15.2. The Morgan fingerprint density at radius 3 is 2.50 bits per heavy atom. The Kier molecular flexibility index (Phi) is 6.34. The van der Waals surface area contributed by atoms with Crippen LogP contribution in [0.1, 0.15) is 47.0 Å². The first kappa shape index (κ1) is 16.8. The molecule has 0 aliphatic heterocycles. The highest BCUT2D eigenvalue weighted by Crippen LogP contribution is 2.22. The maximum absolute atomic E-state index is 12.0. The second-order valence-corrected chi connectivity index (χ2v) is 6.19. The van der Waals surface area contributed by atoms with Crippen molar-refractivity contribution in [2.75, 3.05) is 0 Å². The first-order valence-electron chi connectivity index (χ1n) is 7.06. The molecule has 1 amide bonds. The summed E-state index contributed by atoms with van der Waals surface area (Å²) in [6, 6.07) is 7.37. The van der Waals surface area contributed by atoms with Crippen LogP contribution in [-0.2, 0) is 4.79 Å². The van der Waals surface area contributed by atoms with Gasteiger partial charge in [-0.25, -0.2) is 0 Å². The second kappa shape index (κ2) is 7.53. The summed E-state index contributed by atoms with van der Waals surface area (Å²) in [4.78, 5) is 12.0. The molecule has 1 aromatic rings. The number of halogens is 1. The van der Waals surface area contributed by atoms with Crippen LogP contribution in [0.15, 0.2) is 24.3 Å². The third kappa shape index (κ3) is 6.29. The van der Waals surface area contributed by atoms with Gasteiger partial charge >= 0.3 is 0 Å². The molecule has 3 nitrogen and oxygen atoms in total. The van der Waals surface area contributed by atoms with Gasteiger partial charge in [0.05, 0.1) is 6.42 Å². The van der Waals surface area contributed by atoms with Crippen molar-refractivity contribution in [1.82, 2.24) is 5.32 Å². The Morgan fingerprint density at radius 1 is 1.35 bits per heavy atom. The summed E-state index contributed by atoms with van der Waals surface area (Å²) in [5.41, 5.74) is -0.552. The van der Waals surface area contributed by atoms with E-state index in [2.05, 4.69) is 12.2 Å². The normalized spacial score (nSPS) is 12.8. The molecule has 1 unspecified atom stereocenters. The van der Waals surface area contributed by atoms with E-state index in [0.717, 1.165) is 12.8 Å². The number of nitrogens with one attached hydrogen (secondary N) is 1. The Hall–Kier alpha value is -1.22. The van der Waals surface area contributed by atoms with Crippen molar-refractivity contribution in [2.45, 2.75) is 58.6 Å². The van der Waals surface area contributed by atoms with Crippen molar-refractivity contribution in [3.8, 4) is 5.75 Å². The quantitative estimate of drug-likeness (QED) is 0.819. The number of amides is 1. The molecule has 0 heterocycles. The highest BCUT2D eigenvalue weighted by Gasteiger charge is 2.24. The number of carbonyl (C=O) groups is 1. The number of rotatable bonds is 7. The third-order valence-electron chi connectivity index (χ3n) is 2.92. The smallest absolute Gasteiger partial charge is 0.224 e. The lowest BCUT2D eigenvalue weighted by Gasteiger charge is -2.26. The first-order chi connectivity index (χ1) is 9.32. The predicted octanol–water partition coefficient (Wildman–Crippen LogP) is 4.19. The SMILES string of the molecule is CCCC(C)NC(=O)CC(C)(C)Oc1ccc(Cl)cc1.